The summed E-state index contributed by atoms with van der Waals surface area (Å²) in [6, 6.07) is 16.2. The number of hydrogen-bond donors (Lipinski definition) is 4. The topological polar surface area (TPSA) is 137 Å². The standard InChI is InChI=1S/C45H54N8O4/c54-42-38-36-30-15-11-13-17-32(30)46-34(36)19-9-7-5-3-1-2-4-6-8-10-20-35-37(31-16-12-14-18-33(31)47-35)39-41(45(57)49-43(39)55)53-27-23-51(24-28-53)29-50-21-25-52(26-22-50)40(38)44(56)48-42/h11-18,46-47H,1-10,19-29H2,(H,48,54,56)(H,49,55,57). The number of para-hydroxylation sites is 2. The van der Waals surface area contributed by atoms with Gasteiger partial charge in [0, 0.05) is 96.7 Å². The SMILES string of the molecule is O=C1NC(=O)C2=C1c1c([nH]c3ccccc13)CCCCCCCCCCCCc1[nH]c3ccccc3c1C1=C(C(=O)NC1=O)N1CCN(CC1)CN1CCN2CC1. The van der Waals surface area contributed by atoms with Crippen LogP contribution >= 0.6 is 0 Å². The van der Waals surface area contributed by atoms with Crippen molar-refractivity contribution in [1.82, 2.24) is 40.2 Å². The van der Waals surface area contributed by atoms with E-state index >= 15 is 0 Å². The quantitative estimate of drug-likeness (QED) is 0.178. The van der Waals surface area contributed by atoms with Gasteiger partial charge in [0.25, 0.3) is 23.6 Å². The third-order valence-electron chi connectivity index (χ3n) is 12.8. The molecule has 2 aromatic heterocycles. The summed E-state index contributed by atoms with van der Waals surface area (Å²) in [5.74, 6) is -1.25. The van der Waals surface area contributed by atoms with Crippen molar-refractivity contribution in [2.75, 3.05) is 59.0 Å². The Morgan fingerprint density at radius 2 is 0.789 bits per heavy atom. The number of carbonyl (C=O) groups excluding carboxylic acids is 4. The van der Waals surface area contributed by atoms with E-state index in [0.29, 0.717) is 48.7 Å². The number of nitrogens with zero attached hydrogens (tertiary/aromatic N) is 4. The maximum atomic E-state index is 13.6. The molecule has 7 aliphatic rings. The minimum atomic E-state index is -0.312. The van der Waals surface area contributed by atoms with Crippen molar-refractivity contribution < 1.29 is 19.2 Å². The molecule has 4 bridgehead atoms. The van der Waals surface area contributed by atoms with Gasteiger partial charge in [-0.1, -0.05) is 87.8 Å². The summed E-state index contributed by atoms with van der Waals surface area (Å²) in [5, 5.41) is 7.27. The van der Waals surface area contributed by atoms with Gasteiger partial charge in [0.1, 0.15) is 11.4 Å². The molecule has 4 amide bonds. The predicted molar refractivity (Wildman–Crippen MR) is 221 cm³/mol. The van der Waals surface area contributed by atoms with E-state index in [1.807, 2.05) is 24.3 Å². The van der Waals surface area contributed by atoms with Crippen molar-refractivity contribution in [2.45, 2.75) is 77.0 Å². The van der Waals surface area contributed by atoms with E-state index in [0.717, 1.165) is 116 Å². The number of piperazine rings is 2. The van der Waals surface area contributed by atoms with Crippen LogP contribution in [0.1, 0.15) is 86.7 Å². The zero-order chi connectivity index (χ0) is 38.9. The molecule has 2 aromatic carbocycles. The first kappa shape index (κ1) is 37.4. The lowest BCUT2D eigenvalue weighted by Crippen LogP contribution is -2.54. The van der Waals surface area contributed by atoms with Gasteiger partial charge >= 0.3 is 0 Å². The third-order valence-corrected chi connectivity index (χ3v) is 12.8. The van der Waals surface area contributed by atoms with Gasteiger partial charge in [-0.05, 0) is 37.8 Å². The molecule has 57 heavy (non-hydrogen) atoms. The van der Waals surface area contributed by atoms with Crippen LogP contribution in [0.5, 0.6) is 0 Å². The molecule has 0 saturated carbocycles. The Labute approximate surface area is 333 Å². The fraction of sp³-hybridized carbons (Fsp3) is 0.467. The minimum Gasteiger partial charge on any atom is -0.364 e. The molecule has 12 nitrogen and oxygen atoms in total. The number of carbonyl (C=O) groups is 4. The number of aromatic amines is 2. The molecule has 12 heteroatoms. The molecule has 0 radical (unpaired) electrons. The molecular formula is C45H54N8O4. The van der Waals surface area contributed by atoms with Crippen LogP contribution in [0.15, 0.2) is 59.9 Å². The summed E-state index contributed by atoms with van der Waals surface area (Å²) >= 11 is 0. The summed E-state index contributed by atoms with van der Waals surface area (Å²) in [5.41, 5.74) is 7.82. The number of rotatable bonds is 0. The maximum absolute atomic E-state index is 13.6. The number of aromatic nitrogens is 2. The molecular weight excluding hydrogens is 717 g/mol. The number of nitrogens with one attached hydrogen (secondary N) is 4. The number of amides is 4. The van der Waals surface area contributed by atoms with Crippen molar-refractivity contribution >= 4 is 56.6 Å². The van der Waals surface area contributed by atoms with Crippen molar-refractivity contribution in [1.29, 1.82) is 0 Å². The fourth-order valence-corrected chi connectivity index (χ4v) is 9.83. The van der Waals surface area contributed by atoms with Crippen LogP contribution in [-0.2, 0) is 32.0 Å². The predicted octanol–water partition coefficient (Wildman–Crippen LogP) is 5.28. The smallest absolute Gasteiger partial charge is 0.275 e. The average molecular weight is 771 g/mol. The second-order valence-electron chi connectivity index (χ2n) is 16.4. The van der Waals surface area contributed by atoms with Gasteiger partial charge in [0.2, 0.25) is 0 Å². The Morgan fingerprint density at radius 1 is 0.421 bits per heavy atom. The summed E-state index contributed by atoms with van der Waals surface area (Å²) in [6.07, 6.45) is 13.2. The van der Waals surface area contributed by atoms with Crippen LogP contribution in [-0.4, -0.2) is 112 Å². The minimum absolute atomic E-state index is 0.311. The van der Waals surface area contributed by atoms with Crippen molar-refractivity contribution in [3.05, 3.63) is 82.4 Å². The van der Waals surface area contributed by atoms with Gasteiger partial charge in [-0.2, -0.15) is 0 Å². The molecule has 0 atom stereocenters. The Kier molecular flexibility index (Phi) is 10.7. The highest BCUT2D eigenvalue weighted by molar-refractivity contribution is 6.38. The third kappa shape index (κ3) is 7.41. The van der Waals surface area contributed by atoms with Gasteiger partial charge in [0.15, 0.2) is 0 Å². The molecule has 9 heterocycles. The Bertz CT molecular complexity index is 2110. The molecule has 2 fully saturated rings. The monoisotopic (exact) mass is 770 g/mol. The van der Waals surface area contributed by atoms with E-state index in [1.165, 1.54) is 38.5 Å². The number of hydrogen-bond acceptors (Lipinski definition) is 8. The van der Waals surface area contributed by atoms with E-state index in [1.54, 1.807) is 0 Å². The average Bonchev–Trinajstić information content (AvgIpc) is 3.93. The summed E-state index contributed by atoms with van der Waals surface area (Å²) in [4.78, 5) is 70.5. The first-order chi connectivity index (χ1) is 27.9. The molecule has 2 saturated heterocycles. The van der Waals surface area contributed by atoms with Gasteiger partial charge in [-0.25, -0.2) is 0 Å². The number of benzene rings is 2. The second-order valence-corrected chi connectivity index (χ2v) is 16.4. The zero-order valence-electron chi connectivity index (χ0n) is 32.9. The number of imide groups is 2. The Morgan fingerprint density at radius 3 is 1.19 bits per heavy atom. The molecule has 4 N–H and O–H groups in total. The largest absolute Gasteiger partial charge is 0.364 e. The number of H-pyrrole nitrogens is 2. The van der Waals surface area contributed by atoms with Crippen LogP contribution < -0.4 is 10.6 Å². The van der Waals surface area contributed by atoms with Crippen LogP contribution in [0, 0.1) is 0 Å². The Balaban J connectivity index is 0.969. The lowest BCUT2D eigenvalue weighted by atomic mass is 9.97. The van der Waals surface area contributed by atoms with Crippen molar-refractivity contribution in [3.8, 4) is 0 Å². The highest BCUT2D eigenvalue weighted by Crippen LogP contribution is 2.38. The summed E-state index contributed by atoms with van der Waals surface area (Å²) in [7, 11) is 0. The molecule has 7 aliphatic heterocycles. The number of fused-ring (bicyclic) bond motifs is 4. The van der Waals surface area contributed by atoms with E-state index in [4.69, 9.17) is 0 Å². The van der Waals surface area contributed by atoms with Crippen molar-refractivity contribution in [3.63, 3.8) is 0 Å². The molecule has 11 rings (SSSR count). The van der Waals surface area contributed by atoms with Crippen LogP contribution in [0.3, 0.4) is 0 Å². The number of aryl methyl sites for hydroxylation is 2. The first-order valence-electron chi connectivity index (χ1n) is 21.3. The second kappa shape index (κ2) is 16.3. The molecule has 4 aromatic rings. The lowest BCUT2D eigenvalue weighted by Gasteiger charge is -2.41. The van der Waals surface area contributed by atoms with Gasteiger partial charge < -0.3 is 19.8 Å². The highest BCUT2D eigenvalue weighted by atomic mass is 16.2. The summed E-state index contributed by atoms with van der Waals surface area (Å²) in [6.45, 7) is 6.37. The van der Waals surface area contributed by atoms with Gasteiger partial charge in [-0.15, -0.1) is 0 Å². The van der Waals surface area contributed by atoms with E-state index in [2.05, 4.69) is 64.5 Å². The summed E-state index contributed by atoms with van der Waals surface area (Å²) < 4.78 is 0. The molecule has 298 valence electrons. The molecule has 0 spiro atoms. The normalized spacial score (nSPS) is 23.6. The zero-order valence-corrected chi connectivity index (χ0v) is 32.9. The van der Waals surface area contributed by atoms with Crippen LogP contribution in [0.25, 0.3) is 33.0 Å². The Hall–Kier alpha value is -5.20. The lowest BCUT2D eigenvalue weighted by molar-refractivity contribution is -0.125. The first-order valence-corrected chi connectivity index (χ1v) is 21.3. The van der Waals surface area contributed by atoms with E-state index in [9.17, 15) is 19.2 Å². The molecule has 0 aliphatic carbocycles. The van der Waals surface area contributed by atoms with Crippen LogP contribution in [0.4, 0.5) is 0 Å². The van der Waals surface area contributed by atoms with E-state index in [-0.39, 0.29) is 23.6 Å². The van der Waals surface area contributed by atoms with Gasteiger partial charge in [-0.3, -0.25) is 39.6 Å². The van der Waals surface area contributed by atoms with E-state index < -0.39 is 0 Å². The van der Waals surface area contributed by atoms with Crippen LogP contribution in [0.2, 0.25) is 0 Å². The van der Waals surface area contributed by atoms with Crippen molar-refractivity contribution in [2.24, 2.45) is 0 Å². The van der Waals surface area contributed by atoms with Gasteiger partial charge in [0.05, 0.1) is 17.8 Å². The maximum Gasteiger partial charge on any atom is 0.275 e. The highest BCUT2D eigenvalue weighted by Gasteiger charge is 2.40. The fourth-order valence-electron chi connectivity index (χ4n) is 9.83. The molecule has 0 unspecified atom stereocenters.